The van der Waals surface area contributed by atoms with Crippen LogP contribution in [0.1, 0.15) is 29.6 Å². The normalized spacial score (nSPS) is 15.5. The van der Waals surface area contributed by atoms with Crippen molar-refractivity contribution in [3.63, 3.8) is 0 Å². The number of anilines is 1. The quantitative estimate of drug-likeness (QED) is 0.568. The minimum absolute atomic E-state index is 0.0948. The number of thioether (sulfide) groups is 1. The van der Waals surface area contributed by atoms with Gasteiger partial charge in [0.1, 0.15) is 16.4 Å². The van der Waals surface area contributed by atoms with Gasteiger partial charge in [-0.05, 0) is 57.0 Å². The van der Waals surface area contributed by atoms with Crippen molar-refractivity contribution in [2.24, 2.45) is 0 Å². The van der Waals surface area contributed by atoms with E-state index in [1.54, 1.807) is 18.4 Å². The van der Waals surface area contributed by atoms with Crippen molar-refractivity contribution in [3.05, 3.63) is 50.9 Å². The van der Waals surface area contributed by atoms with Gasteiger partial charge in [-0.25, -0.2) is 4.98 Å². The number of aromatic amines is 1. The molecule has 9 heteroatoms. The number of carbonyl (C=O) groups excluding carboxylic acids is 1. The Morgan fingerprint density at radius 1 is 1.21 bits per heavy atom. The van der Waals surface area contributed by atoms with Gasteiger partial charge in [-0.2, -0.15) is 0 Å². The second-order valence-electron chi connectivity index (χ2n) is 8.29. The molecule has 0 spiro atoms. The van der Waals surface area contributed by atoms with E-state index >= 15 is 0 Å². The second kappa shape index (κ2) is 10.2. The van der Waals surface area contributed by atoms with Crippen LogP contribution in [0, 0.1) is 13.8 Å². The van der Waals surface area contributed by atoms with Crippen LogP contribution in [0.25, 0.3) is 10.2 Å². The monoisotopic (exact) mass is 486 g/mol. The largest absolute Gasteiger partial charge is 0.497 e. The molecule has 1 aliphatic heterocycles. The van der Waals surface area contributed by atoms with Gasteiger partial charge in [0.2, 0.25) is 5.91 Å². The number of hydrogen-bond acceptors (Lipinski definition) is 7. The summed E-state index contributed by atoms with van der Waals surface area (Å²) in [6, 6.07) is 8.07. The number of methoxy groups -OCH3 is 1. The summed E-state index contributed by atoms with van der Waals surface area (Å²) in [7, 11) is 1.67. The maximum atomic E-state index is 13.1. The molecular weight excluding hydrogens is 456 g/mol. The molecule has 7 nitrogen and oxygen atoms in total. The predicted octanol–water partition coefficient (Wildman–Crippen LogP) is 3.97. The number of thiophene rings is 1. The zero-order valence-electron chi connectivity index (χ0n) is 19.5. The van der Waals surface area contributed by atoms with Crippen molar-refractivity contribution in [2.75, 3.05) is 38.2 Å². The topological polar surface area (TPSA) is 78.5 Å². The Kier molecular flexibility index (Phi) is 7.29. The number of rotatable bonds is 6. The first-order chi connectivity index (χ1) is 15.9. The Bertz CT molecular complexity index is 1190. The highest BCUT2D eigenvalue weighted by molar-refractivity contribution is 7.99. The molecule has 0 bridgehead atoms. The van der Waals surface area contributed by atoms with Gasteiger partial charge in [-0.3, -0.25) is 9.59 Å². The van der Waals surface area contributed by atoms with E-state index in [0.717, 1.165) is 52.8 Å². The van der Waals surface area contributed by atoms with Crippen molar-refractivity contribution in [1.82, 2.24) is 14.9 Å². The van der Waals surface area contributed by atoms with E-state index in [9.17, 15) is 9.59 Å². The van der Waals surface area contributed by atoms with Gasteiger partial charge in [0, 0.05) is 36.7 Å². The number of hydrogen-bond donors (Lipinski definition) is 1. The van der Waals surface area contributed by atoms with Gasteiger partial charge < -0.3 is 19.5 Å². The number of H-pyrrole nitrogens is 1. The number of aryl methyl sites for hydroxylation is 2. The summed E-state index contributed by atoms with van der Waals surface area (Å²) in [6.45, 7) is 9.08. The summed E-state index contributed by atoms with van der Waals surface area (Å²) in [6.07, 6.45) is 0.928. The van der Waals surface area contributed by atoms with Crippen LogP contribution in [0.5, 0.6) is 5.75 Å². The third kappa shape index (κ3) is 5.19. The van der Waals surface area contributed by atoms with Crippen LogP contribution < -0.4 is 15.2 Å². The number of ether oxygens (including phenoxy) is 1. The molecule has 1 saturated heterocycles. The molecule has 0 radical (unpaired) electrons. The first-order valence-corrected chi connectivity index (χ1v) is 13.0. The van der Waals surface area contributed by atoms with Gasteiger partial charge in [0.15, 0.2) is 0 Å². The first kappa shape index (κ1) is 23.6. The first-order valence-electron chi connectivity index (χ1n) is 11.2. The smallest absolute Gasteiger partial charge is 0.259 e. The summed E-state index contributed by atoms with van der Waals surface area (Å²) < 4.78 is 5.25. The molecule has 1 aliphatic rings. The van der Waals surface area contributed by atoms with Crippen molar-refractivity contribution in [1.29, 1.82) is 0 Å². The molecule has 2 aromatic heterocycles. The summed E-state index contributed by atoms with van der Waals surface area (Å²) in [4.78, 5) is 39.3. The molecule has 1 N–H and O–H groups in total. The van der Waals surface area contributed by atoms with E-state index in [4.69, 9.17) is 4.74 Å². The fourth-order valence-corrected chi connectivity index (χ4v) is 5.97. The standard InChI is InChI=1S/C24H30N4O3S2/c1-15-16(2)33-23-21(15)22(29)25-20(26-23)14-32-17(3)24(30)28-11-5-10-27(12-13-28)18-6-8-19(31-4)9-7-18/h6-9,17H,5,10-14H2,1-4H3,(H,25,26,29). The molecular formula is C24H30N4O3S2. The number of carbonyl (C=O) groups is 1. The summed E-state index contributed by atoms with van der Waals surface area (Å²) in [5, 5.41) is 0.478. The van der Waals surface area contributed by atoms with E-state index in [1.165, 1.54) is 11.8 Å². The minimum atomic E-state index is -0.203. The minimum Gasteiger partial charge on any atom is -0.497 e. The summed E-state index contributed by atoms with van der Waals surface area (Å²) in [5.74, 6) is 2.11. The maximum Gasteiger partial charge on any atom is 0.259 e. The van der Waals surface area contributed by atoms with Crippen molar-refractivity contribution < 1.29 is 9.53 Å². The van der Waals surface area contributed by atoms with E-state index in [-0.39, 0.29) is 16.7 Å². The van der Waals surface area contributed by atoms with Crippen molar-refractivity contribution in [3.8, 4) is 5.75 Å². The average molecular weight is 487 g/mol. The van der Waals surface area contributed by atoms with E-state index in [2.05, 4.69) is 27.0 Å². The third-order valence-electron chi connectivity index (χ3n) is 6.15. The molecule has 1 atom stereocenters. The van der Waals surface area contributed by atoms with Gasteiger partial charge in [-0.1, -0.05) is 0 Å². The number of aromatic nitrogens is 2. The number of amides is 1. The lowest BCUT2D eigenvalue weighted by Crippen LogP contribution is -2.39. The Balaban J connectivity index is 1.35. The fourth-order valence-electron chi connectivity index (χ4n) is 4.09. The number of nitrogens with zero attached hydrogens (tertiary/aromatic N) is 3. The fraction of sp³-hybridized carbons (Fsp3) is 0.458. The SMILES string of the molecule is COc1ccc(N2CCCN(C(=O)C(C)SCc3nc4sc(C)c(C)c4c(=O)[nH]3)CC2)cc1. The van der Waals surface area contributed by atoms with Crippen LogP contribution in [0.3, 0.4) is 0 Å². The average Bonchev–Trinajstić information content (AvgIpc) is 2.97. The predicted molar refractivity (Wildman–Crippen MR) is 137 cm³/mol. The number of fused-ring (bicyclic) bond motifs is 1. The number of nitrogens with one attached hydrogen (secondary N) is 1. The third-order valence-corrected chi connectivity index (χ3v) is 8.39. The van der Waals surface area contributed by atoms with Crippen LogP contribution in [-0.2, 0) is 10.5 Å². The van der Waals surface area contributed by atoms with E-state index in [1.807, 2.05) is 37.8 Å². The highest BCUT2D eigenvalue weighted by atomic mass is 32.2. The highest BCUT2D eigenvalue weighted by Gasteiger charge is 2.24. The molecule has 3 heterocycles. The Morgan fingerprint density at radius 2 is 1.97 bits per heavy atom. The summed E-state index contributed by atoms with van der Waals surface area (Å²) >= 11 is 3.07. The van der Waals surface area contributed by atoms with Gasteiger partial charge in [0.25, 0.3) is 5.56 Å². The lowest BCUT2D eigenvalue weighted by Gasteiger charge is -2.25. The lowest BCUT2D eigenvalue weighted by atomic mass is 10.2. The van der Waals surface area contributed by atoms with Crippen molar-refractivity contribution >= 4 is 44.9 Å². The summed E-state index contributed by atoms with van der Waals surface area (Å²) in [5.41, 5.74) is 2.05. The molecule has 0 saturated carbocycles. The molecule has 1 amide bonds. The zero-order chi connectivity index (χ0) is 23.5. The van der Waals surface area contributed by atoms with Gasteiger partial charge in [-0.15, -0.1) is 23.1 Å². The Hall–Kier alpha value is -2.52. The molecule has 1 aromatic carbocycles. The van der Waals surface area contributed by atoms with Crippen LogP contribution in [0.4, 0.5) is 5.69 Å². The Morgan fingerprint density at radius 3 is 2.70 bits per heavy atom. The molecule has 4 rings (SSSR count). The van der Waals surface area contributed by atoms with Crippen molar-refractivity contribution in [2.45, 2.75) is 38.2 Å². The highest BCUT2D eigenvalue weighted by Crippen LogP contribution is 2.27. The van der Waals surface area contributed by atoms with Crippen LogP contribution in [0.2, 0.25) is 0 Å². The molecule has 1 unspecified atom stereocenters. The van der Waals surface area contributed by atoms with Gasteiger partial charge in [0.05, 0.1) is 23.5 Å². The van der Waals surface area contributed by atoms with E-state index in [0.29, 0.717) is 23.5 Å². The van der Waals surface area contributed by atoms with Crippen LogP contribution in [0.15, 0.2) is 29.1 Å². The van der Waals surface area contributed by atoms with E-state index < -0.39 is 0 Å². The lowest BCUT2D eigenvalue weighted by molar-refractivity contribution is -0.130. The van der Waals surface area contributed by atoms with Gasteiger partial charge >= 0.3 is 0 Å². The van der Waals surface area contributed by atoms with Crippen LogP contribution >= 0.6 is 23.1 Å². The molecule has 176 valence electrons. The van der Waals surface area contributed by atoms with Crippen LogP contribution in [-0.4, -0.2) is 59.3 Å². The molecule has 0 aliphatic carbocycles. The number of benzene rings is 1. The molecule has 1 fully saturated rings. The second-order valence-corrected chi connectivity index (χ2v) is 10.8. The zero-order valence-corrected chi connectivity index (χ0v) is 21.1. The maximum absolute atomic E-state index is 13.1. The molecule has 3 aromatic rings. The Labute approximate surface area is 202 Å². The molecule has 33 heavy (non-hydrogen) atoms.